The Hall–Kier alpha value is -0.570. The summed E-state index contributed by atoms with van der Waals surface area (Å²) in [4.78, 5) is 13.8. The highest BCUT2D eigenvalue weighted by Gasteiger charge is 2.30. The Morgan fingerprint density at radius 3 is 2.56 bits per heavy atom. The topological polar surface area (TPSA) is 46.3 Å². The van der Waals surface area contributed by atoms with E-state index in [2.05, 4.69) is 13.8 Å². The largest absolute Gasteiger partial charge is 0.342 e. The van der Waals surface area contributed by atoms with Crippen molar-refractivity contribution >= 4 is 5.91 Å². The monoisotopic (exact) mass is 226 g/mol. The van der Waals surface area contributed by atoms with Gasteiger partial charge in [-0.1, -0.05) is 20.3 Å². The van der Waals surface area contributed by atoms with Crippen molar-refractivity contribution in [2.75, 3.05) is 13.1 Å². The minimum atomic E-state index is 0.290. The van der Waals surface area contributed by atoms with Crippen LogP contribution < -0.4 is 5.73 Å². The molecular weight excluding hydrogens is 200 g/mol. The van der Waals surface area contributed by atoms with Crippen LogP contribution in [0.5, 0.6) is 0 Å². The summed E-state index contributed by atoms with van der Waals surface area (Å²) < 4.78 is 0. The number of amides is 1. The fourth-order valence-corrected chi connectivity index (χ4v) is 2.23. The van der Waals surface area contributed by atoms with Crippen molar-refractivity contribution in [3.05, 3.63) is 0 Å². The second kappa shape index (κ2) is 6.24. The van der Waals surface area contributed by atoms with Crippen LogP contribution in [-0.2, 0) is 4.79 Å². The first-order valence-electron chi connectivity index (χ1n) is 6.54. The van der Waals surface area contributed by atoms with Crippen molar-refractivity contribution in [1.82, 2.24) is 4.90 Å². The van der Waals surface area contributed by atoms with Gasteiger partial charge in [0.2, 0.25) is 5.91 Å². The van der Waals surface area contributed by atoms with Gasteiger partial charge >= 0.3 is 0 Å². The Bertz CT molecular complexity index is 226. The van der Waals surface area contributed by atoms with Gasteiger partial charge in [0, 0.05) is 25.6 Å². The van der Waals surface area contributed by atoms with Crippen LogP contribution in [0, 0.1) is 11.8 Å². The van der Waals surface area contributed by atoms with Crippen molar-refractivity contribution in [2.45, 2.75) is 52.5 Å². The molecule has 0 aromatic rings. The quantitative estimate of drug-likeness (QED) is 0.704. The van der Waals surface area contributed by atoms with Crippen LogP contribution >= 0.6 is 0 Å². The second-order valence-electron chi connectivity index (χ2n) is 5.52. The average molecular weight is 226 g/mol. The van der Waals surface area contributed by atoms with E-state index >= 15 is 0 Å². The Morgan fingerprint density at radius 2 is 2.06 bits per heavy atom. The van der Waals surface area contributed by atoms with E-state index in [1.165, 1.54) is 0 Å². The third-order valence-electron chi connectivity index (χ3n) is 3.52. The van der Waals surface area contributed by atoms with Crippen LogP contribution in [0.1, 0.15) is 46.5 Å². The van der Waals surface area contributed by atoms with Crippen LogP contribution in [0.15, 0.2) is 0 Å². The summed E-state index contributed by atoms with van der Waals surface area (Å²) in [5.41, 5.74) is 5.70. The molecule has 3 nitrogen and oxygen atoms in total. The lowest BCUT2D eigenvalue weighted by molar-refractivity contribution is -0.127. The number of nitrogens with zero attached hydrogens (tertiary/aromatic N) is 1. The van der Waals surface area contributed by atoms with Crippen molar-refractivity contribution in [3.8, 4) is 0 Å². The van der Waals surface area contributed by atoms with Crippen LogP contribution in [0.4, 0.5) is 0 Å². The molecule has 1 fully saturated rings. The summed E-state index contributed by atoms with van der Waals surface area (Å²) in [6.45, 7) is 8.34. The lowest BCUT2D eigenvalue weighted by atomic mass is 9.95. The summed E-state index contributed by atoms with van der Waals surface area (Å²) in [6, 6.07) is 0.290. The number of likely N-dealkylation sites (tertiary alicyclic amines) is 1. The van der Waals surface area contributed by atoms with E-state index < -0.39 is 0 Å². The summed E-state index contributed by atoms with van der Waals surface area (Å²) in [5.74, 6) is 1.54. The van der Waals surface area contributed by atoms with Gasteiger partial charge in [-0.05, 0) is 31.6 Å². The molecule has 0 radical (unpaired) electrons. The Balaban J connectivity index is 2.20. The van der Waals surface area contributed by atoms with Gasteiger partial charge in [-0.3, -0.25) is 4.79 Å². The molecule has 0 saturated carbocycles. The average Bonchev–Trinajstić information content (AvgIpc) is 2.55. The number of carbonyl (C=O) groups is 1. The second-order valence-corrected chi connectivity index (χ2v) is 5.52. The Labute approximate surface area is 99.4 Å². The molecule has 1 heterocycles. The van der Waals surface area contributed by atoms with Crippen LogP contribution in [-0.4, -0.2) is 29.9 Å². The fraction of sp³-hybridized carbons (Fsp3) is 0.923. The molecule has 0 aliphatic carbocycles. The van der Waals surface area contributed by atoms with Gasteiger partial charge in [-0.25, -0.2) is 0 Å². The molecule has 2 atom stereocenters. The van der Waals surface area contributed by atoms with Gasteiger partial charge in [0.25, 0.3) is 0 Å². The maximum absolute atomic E-state index is 11.7. The maximum atomic E-state index is 11.7. The first-order valence-corrected chi connectivity index (χ1v) is 6.54. The molecule has 0 aromatic heterocycles. The molecule has 1 rings (SSSR count). The molecule has 0 spiro atoms. The maximum Gasteiger partial charge on any atom is 0.222 e. The number of unbranched alkanes of at least 4 members (excludes halogenated alkanes) is 1. The molecule has 2 N–H and O–H groups in total. The smallest absolute Gasteiger partial charge is 0.222 e. The molecule has 94 valence electrons. The Kier molecular flexibility index (Phi) is 5.26. The van der Waals surface area contributed by atoms with Crippen LogP contribution in [0.25, 0.3) is 0 Å². The van der Waals surface area contributed by atoms with E-state index in [4.69, 9.17) is 5.73 Å². The molecule has 1 amide bonds. The highest BCUT2D eigenvalue weighted by Crippen LogP contribution is 2.24. The standard InChI is InChI=1S/C13H26N2O/c1-10(2)12-8-13(16)15(9-12)7-5-4-6-11(3)14/h10-12H,4-9,14H2,1-3H3. The minimum absolute atomic E-state index is 0.290. The molecule has 3 heteroatoms. The Morgan fingerprint density at radius 1 is 1.38 bits per heavy atom. The zero-order chi connectivity index (χ0) is 12.1. The van der Waals surface area contributed by atoms with E-state index in [1.54, 1.807) is 0 Å². The lowest BCUT2D eigenvalue weighted by Gasteiger charge is -2.18. The summed E-state index contributed by atoms with van der Waals surface area (Å²) in [6.07, 6.45) is 4.05. The molecule has 16 heavy (non-hydrogen) atoms. The highest BCUT2D eigenvalue weighted by molar-refractivity contribution is 5.78. The number of hydrogen-bond acceptors (Lipinski definition) is 2. The van der Waals surface area contributed by atoms with Gasteiger partial charge in [0.1, 0.15) is 0 Å². The summed E-state index contributed by atoms with van der Waals surface area (Å²) in [5, 5.41) is 0. The van der Waals surface area contributed by atoms with Gasteiger partial charge in [0.15, 0.2) is 0 Å². The van der Waals surface area contributed by atoms with Gasteiger partial charge in [-0.2, -0.15) is 0 Å². The van der Waals surface area contributed by atoms with E-state index in [0.717, 1.165) is 38.8 Å². The normalized spacial score (nSPS) is 23.2. The van der Waals surface area contributed by atoms with E-state index in [0.29, 0.717) is 17.7 Å². The molecule has 0 aromatic carbocycles. The third-order valence-corrected chi connectivity index (χ3v) is 3.52. The van der Waals surface area contributed by atoms with E-state index in [1.807, 2.05) is 11.8 Å². The number of carbonyl (C=O) groups excluding carboxylic acids is 1. The molecule has 1 aliphatic heterocycles. The lowest BCUT2D eigenvalue weighted by Crippen LogP contribution is -2.27. The number of hydrogen-bond donors (Lipinski definition) is 1. The van der Waals surface area contributed by atoms with E-state index in [-0.39, 0.29) is 6.04 Å². The first-order chi connectivity index (χ1) is 7.50. The van der Waals surface area contributed by atoms with Gasteiger partial charge in [0.05, 0.1) is 0 Å². The number of rotatable bonds is 6. The first kappa shape index (κ1) is 13.5. The van der Waals surface area contributed by atoms with Gasteiger partial charge in [-0.15, -0.1) is 0 Å². The predicted octanol–water partition coefficient (Wildman–Crippen LogP) is 2.01. The van der Waals surface area contributed by atoms with Crippen molar-refractivity contribution in [2.24, 2.45) is 17.6 Å². The fourth-order valence-electron chi connectivity index (χ4n) is 2.23. The zero-order valence-electron chi connectivity index (χ0n) is 10.9. The third kappa shape index (κ3) is 4.12. The van der Waals surface area contributed by atoms with Gasteiger partial charge < -0.3 is 10.6 Å². The molecule has 2 unspecified atom stereocenters. The molecule has 0 bridgehead atoms. The summed E-state index contributed by atoms with van der Waals surface area (Å²) >= 11 is 0. The van der Waals surface area contributed by atoms with Crippen LogP contribution in [0.3, 0.4) is 0 Å². The number of nitrogens with two attached hydrogens (primary N) is 1. The van der Waals surface area contributed by atoms with Crippen molar-refractivity contribution < 1.29 is 4.79 Å². The predicted molar refractivity (Wildman–Crippen MR) is 67.0 cm³/mol. The molecule has 1 saturated heterocycles. The zero-order valence-corrected chi connectivity index (χ0v) is 10.9. The van der Waals surface area contributed by atoms with Crippen molar-refractivity contribution in [3.63, 3.8) is 0 Å². The minimum Gasteiger partial charge on any atom is -0.342 e. The highest BCUT2D eigenvalue weighted by atomic mass is 16.2. The van der Waals surface area contributed by atoms with E-state index in [9.17, 15) is 4.79 Å². The summed E-state index contributed by atoms with van der Waals surface area (Å²) in [7, 11) is 0. The van der Waals surface area contributed by atoms with Crippen molar-refractivity contribution in [1.29, 1.82) is 0 Å². The molecular formula is C13H26N2O. The SMILES string of the molecule is CC(N)CCCCN1CC(C(C)C)CC1=O. The van der Waals surface area contributed by atoms with Crippen LogP contribution in [0.2, 0.25) is 0 Å². The molecule has 1 aliphatic rings.